The second-order valence-electron chi connectivity index (χ2n) is 5.16. The van der Waals surface area contributed by atoms with Gasteiger partial charge in [0.1, 0.15) is 5.69 Å². The highest BCUT2D eigenvalue weighted by Gasteiger charge is 2.25. The van der Waals surface area contributed by atoms with Gasteiger partial charge in [-0.25, -0.2) is 0 Å². The van der Waals surface area contributed by atoms with E-state index in [0.717, 1.165) is 12.8 Å². The fourth-order valence-corrected chi connectivity index (χ4v) is 2.53. The number of carbonyl (C=O) groups is 1. The number of aliphatic hydroxyl groups excluding tert-OH is 1. The van der Waals surface area contributed by atoms with Crippen molar-refractivity contribution < 1.29 is 14.8 Å². The van der Waals surface area contributed by atoms with Crippen LogP contribution >= 0.6 is 0 Å². The van der Waals surface area contributed by atoms with Crippen molar-refractivity contribution in [1.29, 1.82) is 0 Å². The number of hydrogen-bond acceptors (Lipinski definition) is 5. The molecule has 1 saturated heterocycles. The number of nitro benzene ring substituents is 1. The molecular formula is C14H19N3O4. The predicted octanol–water partition coefficient (Wildman–Crippen LogP) is 1.48. The lowest BCUT2D eigenvalue weighted by molar-refractivity contribution is -0.384. The third-order valence-electron chi connectivity index (χ3n) is 3.87. The van der Waals surface area contributed by atoms with Gasteiger partial charge in [-0.15, -0.1) is 0 Å². The minimum atomic E-state index is -0.499. The van der Waals surface area contributed by atoms with Gasteiger partial charge in [-0.05, 0) is 30.9 Å². The zero-order valence-corrected chi connectivity index (χ0v) is 11.9. The average molecular weight is 293 g/mol. The predicted molar refractivity (Wildman–Crippen MR) is 78.4 cm³/mol. The Hall–Kier alpha value is -2.15. The summed E-state index contributed by atoms with van der Waals surface area (Å²) < 4.78 is 0. The Bertz CT molecular complexity index is 539. The van der Waals surface area contributed by atoms with Crippen molar-refractivity contribution >= 4 is 17.3 Å². The van der Waals surface area contributed by atoms with Gasteiger partial charge in [-0.1, -0.05) is 0 Å². The molecule has 0 bridgehead atoms. The minimum absolute atomic E-state index is 0.103. The molecule has 2 rings (SSSR count). The molecule has 1 amide bonds. The van der Waals surface area contributed by atoms with E-state index < -0.39 is 4.92 Å². The number of aliphatic hydroxyl groups is 1. The fraction of sp³-hybridized carbons (Fsp3) is 0.500. The molecule has 0 atom stereocenters. The first-order chi connectivity index (χ1) is 10.1. The highest BCUT2D eigenvalue weighted by atomic mass is 16.6. The first-order valence-corrected chi connectivity index (χ1v) is 6.93. The smallest absolute Gasteiger partial charge is 0.293 e. The lowest BCUT2D eigenvalue weighted by Crippen LogP contribution is -2.39. The maximum Gasteiger partial charge on any atom is 0.293 e. The van der Waals surface area contributed by atoms with E-state index in [1.807, 2.05) is 0 Å². The highest BCUT2D eigenvalue weighted by molar-refractivity contribution is 5.95. The van der Waals surface area contributed by atoms with Crippen LogP contribution in [-0.2, 0) is 0 Å². The lowest BCUT2D eigenvalue weighted by Gasteiger charge is -2.31. The van der Waals surface area contributed by atoms with Gasteiger partial charge < -0.3 is 15.3 Å². The lowest BCUT2D eigenvalue weighted by atomic mass is 9.97. The molecule has 114 valence electrons. The zero-order chi connectivity index (χ0) is 15.4. The molecular weight excluding hydrogens is 274 g/mol. The summed E-state index contributed by atoms with van der Waals surface area (Å²) in [5.41, 5.74) is 0.604. The summed E-state index contributed by atoms with van der Waals surface area (Å²) in [6, 6.07) is 4.46. The molecule has 0 aliphatic carbocycles. The van der Waals surface area contributed by atoms with Crippen LogP contribution in [0.2, 0.25) is 0 Å². The number of nitrogens with zero attached hydrogens (tertiary/aromatic N) is 2. The van der Waals surface area contributed by atoms with E-state index in [-0.39, 0.29) is 24.1 Å². The van der Waals surface area contributed by atoms with Crippen molar-refractivity contribution in [3.63, 3.8) is 0 Å². The largest absolute Gasteiger partial charge is 0.396 e. The van der Waals surface area contributed by atoms with Crippen molar-refractivity contribution in [2.75, 3.05) is 32.1 Å². The first kappa shape index (κ1) is 15.2. The summed E-state index contributed by atoms with van der Waals surface area (Å²) in [5.74, 6) is 0.0483. The molecule has 0 aromatic heterocycles. The van der Waals surface area contributed by atoms with E-state index >= 15 is 0 Å². The number of anilines is 1. The maximum atomic E-state index is 12.4. The van der Waals surface area contributed by atoms with Gasteiger partial charge in [0.2, 0.25) is 0 Å². The van der Waals surface area contributed by atoms with Crippen molar-refractivity contribution in [3.8, 4) is 0 Å². The Kier molecular flexibility index (Phi) is 4.74. The molecule has 0 saturated carbocycles. The second kappa shape index (κ2) is 6.53. The third-order valence-corrected chi connectivity index (χ3v) is 3.87. The Morgan fingerprint density at radius 3 is 2.67 bits per heavy atom. The average Bonchev–Trinajstić information content (AvgIpc) is 2.53. The quantitative estimate of drug-likeness (QED) is 0.647. The van der Waals surface area contributed by atoms with Crippen LogP contribution in [0.3, 0.4) is 0 Å². The van der Waals surface area contributed by atoms with Gasteiger partial charge in [0.05, 0.1) is 4.92 Å². The third kappa shape index (κ3) is 3.30. The second-order valence-corrected chi connectivity index (χ2v) is 5.16. The summed E-state index contributed by atoms with van der Waals surface area (Å²) in [4.78, 5) is 24.6. The van der Waals surface area contributed by atoms with Gasteiger partial charge >= 0.3 is 0 Å². The molecule has 1 heterocycles. The molecule has 7 nitrogen and oxygen atoms in total. The number of amides is 1. The monoisotopic (exact) mass is 293 g/mol. The van der Waals surface area contributed by atoms with E-state index in [9.17, 15) is 14.9 Å². The molecule has 2 N–H and O–H groups in total. The topological polar surface area (TPSA) is 95.7 Å². The molecule has 7 heteroatoms. The van der Waals surface area contributed by atoms with Crippen LogP contribution in [0.5, 0.6) is 0 Å². The van der Waals surface area contributed by atoms with Crippen LogP contribution in [0.1, 0.15) is 23.2 Å². The van der Waals surface area contributed by atoms with E-state index in [1.165, 1.54) is 6.07 Å². The summed E-state index contributed by atoms with van der Waals surface area (Å²) in [6.45, 7) is 1.29. The number of piperidine rings is 1. The molecule has 1 aromatic carbocycles. The van der Waals surface area contributed by atoms with Crippen LogP contribution in [0.25, 0.3) is 0 Å². The first-order valence-electron chi connectivity index (χ1n) is 6.93. The highest BCUT2D eigenvalue weighted by Crippen LogP contribution is 2.26. The maximum absolute atomic E-state index is 12.4. The Balaban J connectivity index is 2.16. The van der Waals surface area contributed by atoms with Gasteiger partial charge in [0.15, 0.2) is 0 Å². The Labute approximate surface area is 122 Å². The van der Waals surface area contributed by atoms with Crippen LogP contribution in [0.4, 0.5) is 11.4 Å². The van der Waals surface area contributed by atoms with Crippen molar-refractivity contribution in [2.24, 2.45) is 5.92 Å². The number of rotatable bonds is 4. The van der Waals surface area contributed by atoms with E-state index in [2.05, 4.69) is 5.32 Å². The number of hydrogen-bond donors (Lipinski definition) is 2. The molecule has 1 fully saturated rings. The van der Waals surface area contributed by atoms with Gasteiger partial charge in [-0.3, -0.25) is 14.9 Å². The fourth-order valence-electron chi connectivity index (χ4n) is 2.53. The van der Waals surface area contributed by atoms with Crippen molar-refractivity contribution in [1.82, 2.24) is 4.90 Å². The minimum Gasteiger partial charge on any atom is -0.396 e. The van der Waals surface area contributed by atoms with Crippen molar-refractivity contribution in [3.05, 3.63) is 33.9 Å². The van der Waals surface area contributed by atoms with Gasteiger partial charge in [0, 0.05) is 38.4 Å². The van der Waals surface area contributed by atoms with Crippen LogP contribution < -0.4 is 5.32 Å². The Morgan fingerprint density at radius 2 is 2.14 bits per heavy atom. The number of nitrogens with one attached hydrogen (secondary N) is 1. The van der Waals surface area contributed by atoms with Crippen LogP contribution in [-0.4, -0.2) is 47.6 Å². The summed E-state index contributed by atoms with van der Waals surface area (Å²) in [6.07, 6.45) is 1.53. The molecule has 1 aromatic rings. The summed E-state index contributed by atoms with van der Waals surface area (Å²) >= 11 is 0. The molecule has 1 aliphatic rings. The van der Waals surface area contributed by atoms with Crippen molar-refractivity contribution in [2.45, 2.75) is 12.8 Å². The summed E-state index contributed by atoms with van der Waals surface area (Å²) in [5, 5.41) is 22.9. The molecule has 1 aliphatic heterocycles. The number of likely N-dealkylation sites (tertiary alicyclic amines) is 1. The zero-order valence-electron chi connectivity index (χ0n) is 11.9. The number of carbonyl (C=O) groups excluding carboxylic acids is 1. The van der Waals surface area contributed by atoms with Gasteiger partial charge in [-0.2, -0.15) is 0 Å². The van der Waals surface area contributed by atoms with E-state index in [4.69, 9.17) is 5.11 Å². The molecule has 0 spiro atoms. The standard InChI is InChI=1S/C14H19N3O4/c1-15-12-3-2-11(8-13(12)17(20)21)14(19)16-6-4-10(9-18)5-7-16/h2-3,8,10,15,18H,4-7,9H2,1H3. The van der Waals surface area contributed by atoms with E-state index in [1.54, 1.807) is 24.1 Å². The summed E-state index contributed by atoms with van der Waals surface area (Å²) in [7, 11) is 1.60. The SMILES string of the molecule is CNc1ccc(C(=O)N2CCC(CO)CC2)cc1[N+](=O)[O-]. The number of benzene rings is 1. The molecule has 21 heavy (non-hydrogen) atoms. The molecule has 0 radical (unpaired) electrons. The van der Waals surface area contributed by atoms with E-state index in [0.29, 0.717) is 24.3 Å². The van der Waals surface area contributed by atoms with Crippen LogP contribution in [0.15, 0.2) is 18.2 Å². The van der Waals surface area contributed by atoms with Crippen LogP contribution in [0, 0.1) is 16.0 Å². The van der Waals surface area contributed by atoms with Gasteiger partial charge in [0.25, 0.3) is 11.6 Å². The normalized spacial score (nSPS) is 15.8. The Morgan fingerprint density at radius 1 is 1.48 bits per heavy atom. The molecule has 0 unspecified atom stereocenters. The number of nitro groups is 1.